The zero-order valence-electron chi connectivity index (χ0n) is 7.61. The van der Waals surface area contributed by atoms with E-state index in [-0.39, 0.29) is 31.8 Å². The van der Waals surface area contributed by atoms with Crippen LogP contribution in [0.15, 0.2) is 0 Å². The summed E-state index contributed by atoms with van der Waals surface area (Å²) in [4.78, 5) is 11.3. The molecular weight excluding hydrogens is 214 g/mol. The van der Waals surface area contributed by atoms with Crippen LogP contribution in [-0.2, 0) is 4.79 Å². The molecule has 1 spiro atoms. The molecule has 0 aromatic heterocycles. The molecular formula is C8H13ClF2N2O. The van der Waals surface area contributed by atoms with Crippen molar-refractivity contribution in [3.8, 4) is 0 Å². The molecule has 0 aromatic carbocycles. The molecule has 0 bridgehead atoms. The lowest BCUT2D eigenvalue weighted by Gasteiger charge is -2.38. The largest absolute Gasteiger partial charge is 0.355 e. The number of amides is 1. The Hall–Kier alpha value is -0.420. The topological polar surface area (TPSA) is 41.1 Å². The van der Waals surface area contributed by atoms with E-state index >= 15 is 0 Å². The maximum Gasteiger partial charge on any atom is 0.264 e. The third kappa shape index (κ3) is 1.39. The average molecular weight is 227 g/mol. The zero-order chi connectivity index (χ0) is 9.53. The van der Waals surface area contributed by atoms with Crippen molar-refractivity contribution in [3.05, 3.63) is 0 Å². The van der Waals surface area contributed by atoms with Gasteiger partial charge in [-0.05, 0) is 6.42 Å². The van der Waals surface area contributed by atoms with Crippen LogP contribution in [-0.4, -0.2) is 31.5 Å². The monoisotopic (exact) mass is 226 g/mol. The summed E-state index contributed by atoms with van der Waals surface area (Å²) in [6.07, 6.45) is 0.00620. The van der Waals surface area contributed by atoms with Gasteiger partial charge >= 0.3 is 0 Å². The summed E-state index contributed by atoms with van der Waals surface area (Å²) in [5.41, 5.74) is -1.47. The molecule has 0 radical (unpaired) electrons. The van der Waals surface area contributed by atoms with Crippen LogP contribution >= 0.6 is 12.4 Å². The first-order valence-corrected chi connectivity index (χ1v) is 4.45. The summed E-state index contributed by atoms with van der Waals surface area (Å²) in [5.74, 6) is -3.34. The van der Waals surface area contributed by atoms with Gasteiger partial charge in [0.1, 0.15) is 5.41 Å². The molecule has 14 heavy (non-hydrogen) atoms. The lowest BCUT2D eigenvalue weighted by molar-refractivity contribution is -0.163. The highest BCUT2D eigenvalue weighted by Crippen LogP contribution is 2.45. The maximum absolute atomic E-state index is 13.5. The van der Waals surface area contributed by atoms with E-state index in [0.717, 1.165) is 0 Å². The van der Waals surface area contributed by atoms with Gasteiger partial charge in [0.05, 0.1) is 0 Å². The number of hydrogen-bond donors (Lipinski definition) is 2. The second kappa shape index (κ2) is 3.62. The smallest absolute Gasteiger partial charge is 0.264 e. The summed E-state index contributed by atoms with van der Waals surface area (Å²) >= 11 is 0. The first-order chi connectivity index (χ1) is 6.08. The van der Waals surface area contributed by atoms with Crippen molar-refractivity contribution in [1.29, 1.82) is 0 Å². The molecule has 1 atom stereocenters. The molecule has 2 heterocycles. The van der Waals surface area contributed by atoms with Gasteiger partial charge in [0, 0.05) is 26.1 Å². The Kier molecular flexibility index (Phi) is 3.02. The number of alkyl halides is 2. The predicted octanol–water partition coefficient (Wildman–Crippen LogP) is 0.543. The molecule has 82 valence electrons. The van der Waals surface area contributed by atoms with Gasteiger partial charge in [0.2, 0.25) is 5.91 Å². The lowest BCUT2D eigenvalue weighted by atomic mass is 9.76. The van der Waals surface area contributed by atoms with Gasteiger partial charge in [0.15, 0.2) is 0 Å². The summed E-state index contributed by atoms with van der Waals surface area (Å²) in [6.45, 7) is 0.768. The summed E-state index contributed by atoms with van der Waals surface area (Å²) in [5, 5.41) is 5.34. The van der Waals surface area contributed by atoms with Gasteiger partial charge in [-0.2, -0.15) is 0 Å². The van der Waals surface area contributed by atoms with Gasteiger partial charge < -0.3 is 10.6 Å². The van der Waals surface area contributed by atoms with Crippen LogP contribution in [0.3, 0.4) is 0 Å². The fraction of sp³-hybridized carbons (Fsp3) is 0.875. The lowest BCUT2D eigenvalue weighted by Crippen LogP contribution is -2.57. The summed E-state index contributed by atoms with van der Waals surface area (Å²) in [6, 6.07) is 0. The summed E-state index contributed by atoms with van der Waals surface area (Å²) < 4.78 is 27.0. The van der Waals surface area contributed by atoms with Crippen LogP contribution in [0.4, 0.5) is 8.78 Å². The number of hydrogen-bond acceptors (Lipinski definition) is 2. The first-order valence-electron chi connectivity index (χ1n) is 4.45. The first kappa shape index (κ1) is 11.7. The normalized spacial score (nSPS) is 35.1. The van der Waals surface area contributed by atoms with Crippen LogP contribution in [0.2, 0.25) is 0 Å². The molecule has 2 aliphatic rings. The number of carbonyl (C=O) groups excluding carboxylic acids is 1. The van der Waals surface area contributed by atoms with Crippen molar-refractivity contribution in [1.82, 2.24) is 10.6 Å². The van der Waals surface area contributed by atoms with E-state index in [1.807, 2.05) is 0 Å². The Balaban J connectivity index is 0.000000980. The second-order valence-corrected chi connectivity index (χ2v) is 3.72. The number of carbonyl (C=O) groups is 1. The van der Waals surface area contributed by atoms with Crippen LogP contribution in [0.25, 0.3) is 0 Å². The number of rotatable bonds is 0. The zero-order valence-corrected chi connectivity index (χ0v) is 8.42. The maximum atomic E-state index is 13.5. The molecule has 6 heteroatoms. The average Bonchev–Trinajstić information content (AvgIpc) is 2.41. The Bertz CT molecular complexity index is 249. The Morgan fingerprint density at radius 2 is 1.93 bits per heavy atom. The van der Waals surface area contributed by atoms with Crippen molar-refractivity contribution < 1.29 is 13.6 Å². The van der Waals surface area contributed by atoms with Gasteiger partial charge in [-0.25, -0.2) is 8.78 Å². The van der Waals surface area contributed by atoms with E-state index in [9.17, 15) is 13.6 Å². The van der Waals surface area contributed by atoms with Crippen LogP contribution in [0.1, 0.15) is 12.8 Å². The fourth-order valence-corrected chi connectivity index (χ4v) is 2.11. The predicted molar refractivity (Wildman–Crippen MR) is 49.7 cm³/mol. The van der Waals surface area contributed by atoms with Gasteiger partial charge in [-0.1, -0.05) is 0 Å². The molecule has 1 amide bonds. The Morgan fingerprint density at radius 3 is 2.43 bits per heavy atom. The van der Waals surface area contributed by atoms with E-state index < -0.39 is 17.2 Å². The van der Waals surface area contributed by atoms with Crippen molar-refractivity contribution >= 4 is 18.3 Å². The molecule has 2 rings (SSSR count). The minimum absolute atomic E-state index is 0. The van der Waals surface area contributed by atoms with E-state index in [1.54, 1.807) is 0 Å². The van der Waals surface area contributed by atoms with Crippen LogP contribution in [0, 0.1) is 5.41 Å². The van der Waals surface area contributed by atoms with Crippen molar-refractivity contribution in [2.75, 3.05) is 19.6 Å². The SMILES string of the molecule is Cl.O=C1NCCC12CNCCC2(F)F. The van der Waals surface area contributed by atoms with Crippen LogP contribution < -0.4 is 10.6 Å². The third-order valence-corrected chi connectivity index (χ3v) is 3.01. The summed E-state index contributed by atoms with van der Waals surface area (Å²) in [7, 11) is 0. The van der Waals surface area contributed by atoms with E-state index in [4.69, 9.17) is 0 Å². The molecule has 1 unspecified atom stereocenters. The second-order valence-electron chi connectivity index (χ2n) is 3.72. The van der Waals surface area contributed by atoms with Crippen molar-refractivity contribution in [3.63, 3.8) is 0 Å². The number of piperidine rings is 1. The highest BCUT2D eigenvalue weighted by molar-refractivity contribution is 5.86. The standard InChI is InChI=1S/C8H12F2N2O.ClH/c9-8(10)2-3-11-5-7(8)1-4-12-6(7)13;/h11H,1-5H2,(H,12,13);1H. The van der Waals surface area contributed by atoms with Crippen LogP contribution in [0.5, 0.6) is 0 Å². The van der Waals surface area contributed by atoms with Crippen molar-refractivity contribution in [2.45, 2.75) is 18.8 Å². The van der Waals surface area contributed by atoms with Gasteiger partial charge in [0.25, 0.3) is 5.92 Å². The van der Waals surface area contributed by atoms with Crippen molar-refractivity contribution in [2.24, 2.45) is 5.41 Å². The molecule has 2 saturated heterocycles. The third-order valence-electron chi connectivity index (χ3n) is 3.01. The molecule has 2 aliphatic heterocycles. The molecule has 0 aliphatic carbocycles. The quantitative estimate of drug-likeness (QED) is 0.633. The highest BCUT2D eigenvalue weighted by atomic mass is 35.5. The minimum atomic E-state index is -2.85. The Morgan fingerprint density at radius 1 is 1.21 bits per heavy atom. The van der Waals surface area contributed by atoms with E-state index in [1.165, 1.54) is 0 Å². The number of halogens is 3. The Labute approximate surface area is 87.0 Å². The number of nitrogens with one attached hydrogen (secondary N) is 2. The molecule has 2 fully saturated rings. The molecule has 3 nitrogen and oxygen atoms in total. The fourth-order valence-electron chi connectivity index (χ4n) is 2.11. The molecule has 0 saturated carbocycles. The van der Waals surface area contributed by atoms with Gasteiger partial charge in [-0.15, -0.1) is 12.4 Å². The van der Waals surface area contributed by atoms with E-state index in [0.29, 0.717) is 13.1 Å². The van der Waals surface area contributed by atoms with Gasteiger partial charge in [-0.3, -0.25) is 4.79 Å². The highest BCUT2D eigenvalue weighted by Gasteiger charge is 2.61. The molecule has 0 aromatic rings. The molecule has 2 N–H and O–H groups in total. The minimum Gasteiger partial charge on any atom is -0.355 e. The van der Waals surface area contributed by atoms with E-state index in [2.05, 4.69) is 10.6 Å².